The molecular formula is C19H20N2O5S2. The van der Waals surface area contributed by atoms with Gasteiger partial charge in [0, 0.05) is 17.0 Å². The fourth-order valence-corrected chi connectivity index (χ4v) is 4.43. The molecule has 0 unspecified atom stereocenters. The van der Waals surface area contributed by atoms with Crippen LogP contribution in [0, 0.1) is 0 Å². The number of amides is 1. The van der Waals surface area contributed by atoms with Crippen molar-refractivity contribution in [1.82, 2.24) is 4.57 Å². The van der Waals surface area contributed by atoms with Gasteiger partial charge in [0.2, 0.25) is 0 Å². The highest BCUT2D eigenvalue weighted by Gasteiger charge is 2.16. The van der Waals surface area contributed by atoms with Crippen LogP contribution in [0.15, 0.2) is 34.6 Å². The van der Waals surface area contributed by atoms with Crippen molar-refractivity contribution in [2.24, 2.45) is 4.99 Å². The summed E-state index contributed by atoms with van der Waals surface area (Å²) in [6, 6.07) is 7.37. The first kappa shape index (κ1) is 20.1. The van der Waals surface area contributed by atoms with Gasteiger partial charge in [-0.2, -0.15) is 4.99 Å². The molecule has 0 aliphatic rings. The number of esters is 1. The Morgan fingerprint density at radius 1 is 1.18 bits per heavy atom. The van der Waals surface area contributed by atoms with Crippen molar-refractivity contribution in [1.29, 1.82) is 0 Å². The predicted octanol–water partition coefficient (Wildman–Crippen LogP) is 3.01. The van der Waals surface area contributed by atoms with Crippen LogP contribution in [0.4, 0.5) is 0 Å². The maximum absolute atomic E-state index is 12.4. The van der Waals surface area contributed by atoms with E-state index in [2.05, 4.69) is 4.99 Å². The van der Waals surface area contributed by atoms with Gasteiger partial charge in [-0.25, -0.2) is 0 Å². The molecule has 148 valence electrons. The number of hydrogen-bond acceptors (Lipinski definition) is 7. The number of fused-ring (bicyclic) bond motifs is 1. The summed E-state index contributed by atoms with van der Waals surface area (Å²) in [5.41, 5.74) is 0.721. The second kappa shape index (κ2) is 9.03. The summed E-state index contributed by atoms with van der Waals surface area (Å²) >= 11 is 2.82. The molecule has 0 fully saturated rings. The normalized spacial score (nSPS) is 11.6. The van der Waals surface area contributed by atoms with E-state index in [-0.39, 0.29) is 25.5 Å². The molecule has 0 spiro atoms. The van der Waals surface area contributed by atoms with E-state index in [9.17, 15) is 9.59 Å². The van der Waals surface area contributed by atoms with Gasteiger partial charge < -0.3 is 18.8 Å². The molecule has 0 aliphatic carbocycles. The van der Waals surface area contributed by atoms with Crippen molar-refractivity contribution >= 4 is 44.8 Å². The number of carbonyl (C=O) groups is 2. The van der Waals surface area contributed by atoms with Crippen molar-refractivity contribution in [2.45, 2.75) is 19.9 Å². The van der Waals surface area contributed by atoms with Crippen LogP contribution in [-0.2, 0) is 27.3 Å². The van der Waals surface area contributed by atoms with Crippen molar-refractivity contribution in [3.8, 4) is 11.5 Å². The molecule has 1 amide bonds. The summed E-state index contributed by atoms with van der Waals surface area (Å²) in [7, 11) is 3.10. The average molecular weight is 421 g/mol. The van der Waals surface area contributed by atoms with Crippen molar-refractivity contribution in [3.05, 3.63) is 39.3 Å². The number of aromatic nitrogens is 1. The molecule has 0 atom stereocenters. The van der Waals surface area contributed by atoms with Crippen LogP contribution < -0.4 is 14.3 Å². The van der Waals surface area contributed by atoms with Crippen LogP contribution in [0.2, 0.25) is 0 Å². The predicted molar refractivity (Wildman–Crippen MR) is 108 cm³/mol. The molecule has 2 aromatic heterocycles. The molecule has 0 saturated carbocycles. The molecule has 0 aliphatic heterocycles. The van der Waals surface area contributed by atoms with Crippen LogP contribution in [0.1, 0.15) is 11.8 Å². The second-order valence-electron chi connectivity index (χ2n) is 5.71. The minimum Gasteiger partial charge on any atom is -0.493 e. The number of ether oxygens (including phenoxy) is 3. The smallest absolute Gasteiger partial charge is 0.326 e. The zero-order valence-corrected chi connectivity index (χ0v) is 17.4. The Morgan fingerprint density at radius 2 is 1.93 bits per heavy atom. The van der Waals surface area contributed by atoms with Gasteiger partial charge in [-0.05, 0) is 18.4 Å². The number of nitrogens with zero attached hydrogens (tertiary/aromatic N) is 2. The fourth-order valence-electron chi connectivity index (χ4n) is 2.68. The number of rotatable bonds is 7. The molecule has 0 N–H and O–H groups in total. The molecule has 28 heavy (non-hydrogen) atoms. The first-order chi connectivity index (χ1) is 13.5. The molecule has 9 heteroatoms. The summed E-state index contributed by atoms with van der Waals surface area (Å²) in [5.74, 6) is 0.424. The van der Waals surface area contributed by atoms with E-state index < -0.39 is 5.97 Å². The van der Waals surface area contributed by atoms with E-state index in [1.54, 1.807) is 31.8 Å². The molecule has 0 radical (unpaired) electrons. The monoisotopic (exact) mass is 420 g/mol. The second-order valence-corrected chi connectivity index (χ2v) is 7.75. The third kappa shape index (κ3) is 4.42. The highest BCUT2D eigenvalue weighted by Crippen LogP contribution is 2.33. The third-order valence-corrected chi connectivity index (χ3v) is 5.82. The maximum atomic E-state index is 12.4. The van der Waals surface area contributed by atoms with Gasteiger partial charge in [0.15, 0.2) is 16.3 Å². The van der Waals surface area contributed by atoms with Crippen LogP contribution in [0.3, 0.4) is 0 Å². The van der Waals surface area contributed by atoms with Gasteiger partial charge in [0.25, 0.3) is 5.91 Å². The Balaban J connectivity index is 2.09. The number of benzene rings is 1. The van der Waals surface area contributed by atoms with Crippen LogP contribution in [0.25, 0.3) is 10.2 Å². The van der Waals surface area contributed by atoms with Gasteiger partial charge >= 0.3 is 5.97 Å². The highest BCUT2D eigenvalue weighted by molar-refractivity contribution is 7.16. The van der Waals surface area contributed by atoms with Gasteiger partial charge in [-0.1, -0.05) is 17.4 Å². The lowest BCUT2D eigenvalue weighted by molar-refractivity contribution is -0.143. The molecule has 2 heterocycles. The summed E-state index contributed by atoms with van der Waals surface area (Å²) < 4.78 is 18.3. The molecule has 1 aromatic carbocycles. The SMILES string of the molecule is CCOC(=O)Cn1c(=NC(=O)Cc2cccs2)sc2cc(OC)c(OC)cc21. The number of hydrogen-bond donors (Lipinski definition) is 0. The van der Waals surface area contributed by atoms with Gasteiger partial charge in [0.05, 0.1) is 37.5 Å². The largest absolute Gasteiger partial charge is 0.493 e. The first-order valence-electron chi connectivity index (χ1n) is 8.56. The zero-order valence-electron chi connectivity index (χ0n) is 15.8. The number of methoxy groups -OCH3 is 2. The molecule has 3 rings (SSSR count). The van der Waals surface area contributed by atoms with E-state index in [0.717, 1.165) is 15.1 Å². The zero-order chi connectivity index (χ0) is 20.1. The van der Waals surface area contributed by atoms with Gasteiger partial charge in [0.1, 0.15) is 6.54 Å². The van der Waals surface area contributed by atoms with Crippen LogP contribution >= 0.6 is 22.7 Å². The summed E-state index contributed by atoms with van der Waals surface area (Å²) in [4.78, 5) is 30.2. The van der Waals surface area contributed by atoms with E-state index in [1.165, 1.54) is 22.7 Å². The Kier molecular flexibility index (Phi) is 6.48. The number of carbonyl (C=O) groups excluding carboxylic acids is 2. The minimum atomic E-state index is -0.399. The lowest BCUT2D eigenvalue weighted by Gasteiger charge is -2.09. The van der Waals surface area contributed by atoms with Crippen LogP contribution in [0.5, 0.6) is 11.5 Å². The van der Waals surface area contributed by atoms with E-state index in [1.807, 2.05) is 23.6 Å². The molecule has 7 nitrogen and oxygen atoms in total. The Labute approximate surface area is 169 Å². The van der Waals surface area contributed by atoms with E-state index in [0.29, 0.717) is 16.3 Å². The van der Waals surface area contributed by atoms with E-state index >= 15 is 0 Å². The number of thiazole rings is 1. The Hall–Kier alpha value is -2.65. The Morgan fingerprint density at radius 3 is 2.57 bits per heavy atom. The average Bonchev–Trinajstić information content (AvgIpc) is 3.29. The first-order valence-corrected chi connectivity index (χ1v) is 10.3. The molecule has 0 bridgehead atoms. The van der Waals surface area contributed by atoms with Crippen molar-refractivity contribution in [3.63, 3.8) is 0 Å². The third-order valence-electron chi connectivity index (χ3n) is 3.91. The summed E-state index contributed by atoms with van der Waals surface area (Å²) in [6.07, 6.45) is 0.220. The lowest BCUT2D eigenvalue weighted by Crippen LogP contribution is -2.23. The quantitative estimate of drug-likeness (QED) is 0.549. The highest BCUT2D eigenvalue weighted by atomic mass is 32.1. The topological polar surface area (TPSA) is 79.1 Å². The molecule has 0 saturated heterocycles. The number of thiophene rings is 1. The van der Waals surface area contributed by atoms with Gasteiger partial charge in [-0.15, -0.1) is 11.3 Å². The van der Waals surface area contributed by atoms with Gasteiger partial charge in [-0.3, -0.25) is 9.59 Å². The summed E-state index contributed by atoms with van der Waals surface area (Å²) in [6.45, 7) is 1.98. The van der Waals surface area contributed by atoms with Crippen LogP contribution in [-0.4, -0.2) is 37.3 Å². The Bertz CT molecular complexity index is 1050. The van der Waals surface area contributed by atoms with Crippen molar-refractivity contribution < 1.29 is 23.8 Å². The standard InChI is InChI=1S/C19H20N2O5S2/c1-4-26-18(23)11-21-13-9-14(24-2)15(25-3)10-16(13)28-19(21)20-17(22)8-12-6-5-7-27-12/h5-7,9-10H,4,8,11H2,1-3H3. The molecular weight excluding hydrogens is 400 g/mol. The maximum Gasteiger partial charge on any atom is 0.326 e. The van der Waals surface area contributed by atoms with Crippen molar-refractivity contribution in [2.75, 3.05) is 20.8 Å². The molecule has 3 aromatic rings. The minimum absolute atomic E-state index is 0.0472. The summed E-state index contributed by atoms with van der Waals surface area (Å²) in [5, 5.41) is 1.92. The lowest BCUT2D eigenvalue weighted by atomic mass is 10.3. The fraction of sp³-hybridized carbons (Fsp3) is 0.316. The van der Waals surface area contributed by atoms with E-state index in [4.69, 9.17) is 14.2 Å².